The Bertz CT molecular complexity index is 1720. The predicted molar refractivity (Wildman–Crippen MR) is 161 cm³/mol. The molecule has 0 bridgehead atoms. The van der Waals surface area contributed by atoms with Gasteiger partial charge in [0.1, 0.15) is 12.1 Å². The lowest BCUT2D eigenvalue weighted by Crippen LogP contribution is -2.62. The van der Waals surface area contributed by atoms with Crippen molar-refractivity contribution in [3.63, 3.8) is 0 Å². The summed E-state index contributed by atoms with van der Waals surface area (Å²) in [6.07, 6.45) is 1.90. The van der Waals surface area contributed by atoms with Gasteiger partial charge < -0.3 is 26.7 Å². The molecule has 10 nitrogen and oxygen atoms in total. The summed E-state index contributed by atoms with van der Waals surface area (Å²) >= 11 is 6.16. The van der Waals surface area contributed by atoms with Gasteiger partial charge >= 0.3 is 6.03 Å². The number of para-hydroxylation sites is 1. The molecule has 5 aromatic rings. The van der Waals surface area contributed by atoms with Crippen LogP contribution in [0, 0.1) is 0 Å². The molecule has 6 rings (SSSR count). The number of rotatable bonds is 7. The van der Waals surface area contributed by atoms with Crippen LogP contribution in [0.5, 0.6) is 0 Å². The van der Waals surface area contributed by atoms with Gasteiger partial charge in [-0.3, -0.25) is 9.69 Å². The Morgan fingerprint density at radius 1 is 1.10 bits per heavy atom. The molecule has 1 aliphatic heterocycles. The van der Waals surface area contributed by atoms with Gasteiger partial charge in [0.25, 0.3) is 0 Å². The monoisotopic (exact) mass is 568 g/mol. The van der Waals surface area contributed by atoms with Crippen LogP contribution in [0.3, 0.4) is 0 Å². The van der Waals surface area contributed by atoms with E-state index in [1.807, 2.05) is 66.7 Å². The average Bonchev–Trinajstić information content (AvgIpc) is 3.34. The van der Waals surface area contributed by atoms with Crippen LogP contribution < -0.4 is 21.7 Å². The Morgan fingerprint density at radius 2 is 1.95 bits per heavy atom. The largest absolute Gasteiger partial charge is 0.383 e. The number of nitrogens with zero attached hydrogens (tertiary/aromatic N) is 3. The lowest BCUT2D eigenvalue weighted by Gasteiger charge is -2.37. The zero-order valence-corrected chi connectivity index (χ0v) is 22.9. The SMILES string of the molecule is Nc1ncnc2cc(CC(NC(=O)Nc3ccccc3)C3CN(Cc4cc5cc(Cl)ccc5[nH]4)CC(=O)N3)ccc12. The minimum Gasteiger partial charge on any atom is -0.383 e. The smallest absolute Gasteiger partial charge is 0.319 e. The summed E-state index contributed by atoms with van der Waals surface area (Å²) in [5.41, 5.74) is 10.3. The fourth-order valence-electron chi connectivity index (χ4n) is 5.34. The van der Waals surface area contributed by atoms with Crippen molar-refractivity contribution in [1.29, 1.82) is 0 Å². The Hall–Kier alpha value is -4.67. The number of urea groups is 1. The number of carbonyl (C=O) groups is 2. The number of benzene rings is 3. The minimum absolute atomic E-state index is 0.102. The van der Waals surface area contributed by atoms with E-state index in [1.54, 1.807) is 0 Å². The number of fused-ring (bicyclic) bond motifs is 2. The summed E-state index contributed by atoms with van der Waals surface area (Å²) < 4.78 is 0. The van der Waals surface area contributed by atoms with Crippen molar-refractivity contribution >= 4 is 56.9 Å². The lowest BCUT2D eigenvalue weighted by atomic mass is 9.96. The molecule has 0 radical (unpaired) electrons. The van der Waals surface area contributed by atoms with Crippen molar-refractivity contribution in [2.24, 2.45) is 0 Å². The normalized spacial score (nSPS) is 16.4. The van der Waals surface area contributed by atoms with Crippen LogP contribution in [0.2, 0.25) is 5.02 Å². The number of H-pyrrole nitrogens is 1. The highest BCUT2D eigenvalue weighted by atomic mass is 35.5. The fourth-order valence-corrected chi connectivity index (χ4v) is 5.52. The predicted octanol–water partition coefficient (Wildman–Crippen LogP) is 4.08. The summed E-state index contributed by atoms with van der Waals surface area (Å²) in [6, 6.07) is 21.6. The molecule has 2 unspecified atom stereocenters. The topological polar surface area (TPSA) is 141 Å². The van der Waals surface area contributed by atoms with Gasteiger partial charge in [-0.1, -0.05) is 35.9 Å². The number of piperazine rings is 1. The molecule has 0 saturated carbocycles. The van der Waals surface area contributed by atoms with E-state index in [1.165, 1.54) is 6.33 Å². The molecule has 3 amide bonds. The van der Waals surface area contributed by atoms with Crippen molar-refractivity contribution in [3.8, 4) is 0 Å². The third-order valence-corrected chi connectivity index (χ3v) is 7.46. The molecule has 1 fully saturated rings. The van der Waals surface area contributed by atoms with Gasteiger partial charge in [0.2, 0.25) is 5.91 Å². The minimum atomic E-state index is -0.413. The van der Waals surface area contributed by atoms with Crippen molar-refractivity contribution in [2.75, 3.05) is 24.1 Å². The van der Waals surface area contributed by atoms with Gasteiger partial charge in [-0.25, -0.2) is 14.8 Å². The molecule has 0 spiro atoms. The number of aromatic amines is 1. The van der Waals surface area contributed by atoms with Gasteiger partial charge in [0.15, 0.2) is 0 Å². The first-order chi connectivity index (χ1) is 19.9. The summed E-state index contributed by atoms with van der Waals surface area (Å²) in [5.74, 6) is 0.308. The van der Waals surface area contributed by atoms with Gasteiger partial charge in [0.05, 0.1) is 24.1 Å². The van der Waals surface area contributed by atoms with Crippen molar-refractivity contribution in [1.82, 2.24) is 30.5 Å². The van der Waals surface area contributed by atoms with Crippen LogP contribution in [0.4, 0.5) is 16.3 Å². The van der Waals surface area contributed by atoms with Crippen LogP contribution in [0.15, 0.2) is 79.1 Å². The molecule has 2 atom stereocenters. The van der Waals surface area contributed by atoms with E-state index in [0.717, 1.165) is 33.1 Å². The highest BCUT2D eigenvalue weighted by Gasteiger charge is 2.32. The van der Waals surface area contributed by atoms with E-state index in [4.69, 9.17) is 17.3 Å². The lowest BCUT2D eigenvalue weighted by molar-refractivity contribution is -0.126. The van der Waals surface area contributed by atoms with Crippen molar-refractivity contribution in [2.45, 2.75) is 25.0 Å². The van der Waals surface area contributed by atoms with E-state index in [-0.39, 0.29) is 24.5 Å². The number of halogens is 1. The molecule has 41 heavy (non-hydrogen) atoms. The molecule has 6 N–H and O–H groups in total. The number of carbonyl (C=O) groups excluding carboxylic acids is 2. The van der Waals surface area contributed by atoms with Gasteiger partial charge in [-0.15, -0.1) is 0 Å². The van der Waals surface area contributed by atoms with Crippen LogP contribution >= 0.6 is 11.6 Å². The highest BCUT2D eigenvalue weighted by molar-refractivity contribution is 6.31. The number of aromatic nitrogens is 3. The van der Waals surface area contributed by atoms with E-state index < -0.39 is 6.04 Å². The summed E-state index contributed by atoms with van der Waals surface area (Å²) in [5, 5.41) is 11.5. The third kappa shape index (κ3) is 6.24. The number of hydrogen-bond acceptors (Lipinski definition) is 6. The quantitative estimate of drug-likeness (QED) is 0.200. The molecule has 3 aromatic carbocycles. The van der Waals surface area contributed by atoms with Gasteiger partial charge in [-0.2, -0.15) is 0 Å². The molecular weight excluding hydrogens is 540 g/mol. The molecule has 2 aromatic heterocycles. The number of nitrogens with two attached hydrogens (primary N) is 1. The van der Waals surface area contributed by atoms with Crippen LogP contribution in [0.25, 0.3) is 21.8 Å². The molecule has 1 saturated heterocycles. The summed E-state index contributed by atoms with van der Waals surface area (Å²) in [7, 11) is 0. The van der Waals surface area contributed by atoms with E-state index in [2.05, 4.69) is 41.9 Å². The van der Waals surface area contributed by atoms with Gasteiger partial charge in [-0.05, 0) is 60.5 Å². The fraction of sp³-hybridized carbons (Fsp3) is 0.200. The molecule has 1 aliphatic rings. The first-order valence-corrected chi connectivity index (χ1v) is 13.7. The Kier molecular flexibility index (Phi) is 7.41. The van der Waals surface area contributed by atoms with Gasteiger partial charge in [0, 0.05) is 45.8 Å². The summed E-state index contributed by atoms with van der Waals surface area (Å²) in [4.78, 5) is 39.9. The molecule has 208 valence electrons. The Morgan fingerprint density at radius 3 is 2.80 bits per heavy atom. The average molecular weight is 569 g/mol. The first kappa shape index (κ1) is 26.5. The molecule has 11 heteroatoms. The van der Waals surface area contributed by atoms with Crippen LogP contribution in [-0.2, 0) is 17.8 Å². The van der Waals surface area contributed by atoms with E-state index in [0.29, 0.717) is 36.0 Å². The number of amides is 3. The number of anilines is 2. The molecule has 0 aliphatic carbocycles. The first-order valence-electron chi connectivity index (χ1n) is 13.3. The standard InChI is InChI=1S/C30H29ClN8O2/c31-20-7-9-24-19(12-20)13-22(35-24)14-39-15-27(37-28(40)16-39)26(38-30(41)36-21-4-2-1-3-5-21)11-18-6-8-23-25(10-18)33-17-34-29(23)32/h1-10,12-13,17,26-27,35H,11,14-16H2,(H,37,40)(H2,32,33,34)(H2,36,38,41). The van der Waals surface area contributed by atoms with Crippen molar-refractivity contribution < 1.29 is 9.59 Å². The Balaban J connectivity index is 1.24. The highest BCUT2D eigenvalue weighted by Crippen LogP contribution is 2.23. The van der Waals surface area contributed by atoms with Crippen molar-refractivity contribution in [3.05, 3.63) is 95.4 Å². The maximum absolute atomic E-state index is 13.1. The number of nitrogen functional groups attached to an aromatic ring is 1. The maximum Gasteiger partial charge on any atom is 0.319 e. The van der Waals surface area contributed by atoms with Crippen LogP contribution in [0.1, 0.15) is 11.3 Å². The second-order valence-electron chi connectivity index (χ2n) is 10.3. The zero-order chi connectivity index (χ0) is 28.3. The second-order valence-corrected chi connectivity index (χ2v) is 10.7. The van der Waals surface area contributed by atoms with Crippen LogP contribution in [-0.4, -0.2) is 57.0 Å². The maximum atomic E-state index is 13.1. The molecule has 3 heterocycles. The zero-order valence-electron chi connectivity index (χ0n) is 22.1. The third-order valence-electron chi connectivity index (χ3n) is 7.22. The Labute approximate surface area is 241 Å². The second kappa shape index (κ2) is 11.4. The van der Waals surface area contributed by atoms with E-state index in [9.17, 15) is 9.59 Å². The van der Waals surface area contributed by atoms with E-state index >= 15 is 0 Å². The number of nitrogens with one attached hydrogen (secondary N) is 4. The number of hydrogen-bond donors (Lipinski definition) is 5. The molecular formula is C30H29ClN8O2. The summed E-state index contributed by atoms with van der Waals surface area (Å²) in [6.45, 7) is 1.34.